The van der Waals surface area contributed by atoms with Gasteiger partial charge in [0, 0.05) is 26.4 Å². The molecule has 2 atom stereocenters. The summed E-state index contributed by atoms with van der Waals surface area (Å²) in [5.74, 6) is 0. The van der Waals surface area contributed by atoms with Crippen LogP contribution >= 0.6 is 0 Å². The zero-order chi connectivity index (χ0) is 14.5. The molecule has 0 spiro atoms. The van der Waals surface area contributed by atoms with E-state index in [-0.39, 0.29) is 25.0 Å². The van der Waals surface area contributed by atoms with Gasteiger partial charge >= 0.3 is 0 Å². The van der Waals surface area contributed by atoms with E-state index >= 15 is 0 Å². The van der Waals surface area contributed by atoms with Gasteiger partial charge in [0.15, 0.2) is 0 Å². The number of hydrogen-bond donors (Lipinski definition) is 0. The lowest BCUT2D eigenvalue weighted by Gasteiger charge is -2.24. The second kappa shape index (κ2) is 11.6. The first-order chi connectivity index (χ1) is 9.88. The van der Waals surface area contributed by atoms with E-state index in [2.05, 4.69) is 12.1 Å². The third-order valence-electron chi connectivity index (χ3n) is 2.90. The average Bonchev–Trinajstić information content (AvgIpc) is 2.45. The summed E-state index contributed by atoms with van der Waals surface area (Å²) >= 11 is 0. The predicted octanol–water partition coefficient (Wildman–Crippen LogP) is 1.41. The summed E-state index contributed by atoms with van der Waals surface area (Å²) in [4.78, 5) is 0. The first-order valence-electron chi connectivity index (χ1n) is 7.01. The van der Waals surface area contributed by atoms with E-state index in [1.807, 2.05) is 0 Å². The van der Waals surface area contributed by atoms with Crippen LogP contribution in [-0.2, 0) is 18.9 Å². The maximum atomic E-state index is 8.86. The highest BCUT2D eigenvalue weighted by atomic mass is 16.5. The molecule has 20 heavy (non-hydrogen) atoms. The van der Waals surface area contributed by atoms with E-state index in [1.165, 1.54) is 0 Å². The van der Waals surface area contributed by atoms with E-state index < -0.39 is 0 Å². The van der Waals surface area contributed by atoms with Crippen LogP contribution < -0.4 is 0 Å². The topological polar surface area (TPSA) is 84.5 Å². The molecule has 0 radical (unpaired) electrons. The molecule has 1 saturated heterocycles. The van der Waals surface area contributed by atoms with Gasteiger partial charge in [0.1, 0.15) is 0 Å². The predicted molar refractivity (Wildman–Crippen MR) is 70.8 cm³/mol. The van der Waals surface area contributed by atoms with Gasteiger partial charge in [-0.2, -0.15) is 10.5 Å². The minimum Gasteiger partial charge on any atom is -0.379 e. The van der Waals surface area contributed by atoms with E-state index in [1.54, 1.807) is 0 Å². The van der Waals surface area contributed by atoms with Crippen molar-refractivity contribution in [2.24, 2.45) is 0 Å². The van der Waals surface area contributed by atoms with Crippen molar-refractivity contribution in [3.8, 4) is 12.1 Å². The highest BCUT2D eigenvalue weighted by Gasteiger charge is 2.23. The summed E-state index contributed by atoms with van der Waals surface area (Å²) in [6.07, 6.45) is 1.24. The third kappa shape index (κ3) is 7.42. The van der Waals surface area contributed by atoms with Gasteiger partial charge in [0.2, 0.25) is 0 Å². The van der Waals surface area contributed by atoms with E-state index in [0.29, 0.717) is 39.6 Å². The molecule has 0 N–H and O–H groups in total. The lowest BCUT2D eigenvalue weighted by Crippen LogP contribution is -2.32. The molecule has 0 bridgehead atoms. The van der Waals surface area contributed by atoms with Gasteiger partial charge in [0.05, 0.1) is 50.4 Å². The number of nitrogens with zero attached hydrogens (tertiary/aromatic N) is 2. The summed E-state index contributed by atoms with van der Waals surface area (Å²) in [6.45, 7) is 3.37. The summed E-state index contributed by atoms with van der Waals surface area (Å²) in [5.41, 5.74) is 0. The van der Waals surface area contributed by atoms with E-state index in [4.69, 9.17) is 29.5 Å². The monoisotopic (exact) mass is 282 g/mol. The Morgan fingerprint density at radius 3 is 1.55 bits per heavy atom. The SMILES string of the molecule is N#CCC1OCCCOCCOCCCO[C@H]1CC#N. The number of ether oxygens (including phenoxy) is 4. The maximum absolute atomic E-state index is 8.86. The van der Waals surface area contributed by atoms with Crippen LogP contribution in [0.3, 0.4) is 0 Å². The Morgan fingerprint density at radius 1 is 0.700 bits per heavy atom. The molecule has 6 nitrogen and oxygen atoms in total. The van der Waals surface area contributed by atoms with Gasteiger partial charge in [-0.05, 0) is 12.8 Å². The van der Waals surface area contributed by atoms with Gasteiger partial charge < -0.3 is 18.9 Å². The minimum atomic E-state index is -0.358. The molecular weight excluding hydrogens is 260 g/mol. The van der Waals surface area contributed by atoms with Crippen LogP contribution in [0.5, 0.6) is 0 Å². The Balaban J connectivity index is 2.51. The van der Waals surface area contributed by atoms with Gasteiger partial charge in [-0.1, -0.05) is 0 Å². The highest BCUT2D eigenvalue weighted by molar-refractivity contribution is 4.88. The first kappa shape index (κ1) is 16.9. The summed E-state index contributed by atoms with van der Waals surface area (Å²) in [6, 6.07) is 4.18. The Hall–Kier alpha value is -1.18. The molecule has 0 aromatic heterocycles. The largest absolute Gasteiger partial charge is 0.379 e. The molecule has 0 aromatic rings. The van der Waals surface area contributed by atoms with Crippen LogP contribution in [-0.4, -0.2) is 51.8 Å². The average molecular weight is 282 g/mol. The maximum Gasteiger partial charge on any atom is 0.0976 e. The fourth-order valence-corrected chi connectivity index (χ4v) is 1.89. The number of hydrogen-bond acceptors (Lipinski definition) is 6. The summed E-state index contributed by atoms with van der Waals surface area (Å²) < 4.78 is 22.2. The van der Waals surface area contributed by atoms with E-state index in [0.717, 1.165) is 12.8 Å². The fraction of sp³-hybridized carbons (Fsp3) is 0.857. The van der Waals surface area contributed by atoms with Crippen LogP contribution in [0.15, 0.2) is 0 Å². The third-order valence-corrected chi connectivity index (χ3v) is 2.90. The molecule has 0 aromatic carbocycles. The van der Waals surface area contributed by atoms with Crippen molar-refractivity contribution >= 4 is 0 Å². The molecule has 0 saturated carbocycles. The lowest BCUT2D eigenvalue weighted by molar-refractivity contribution is -0.0796. The number of nitriles is 2. The first-order valence-corrected chi connectivity index (χ1v) is 7.01. The van der Waals surface area contributed by atoms with Crippen molar-refractivity contribution in [2.75, 3.05) is 39.6 Å². The molecule has 0 aliphatic carbocycles. The van der Waals surface area contributed by atoms with Crippen molar-refractivity contribution in [2.45, 2.75) is 37.9 Å². The Morgan fingerprint density at radius 2 is 1.15 bits per heavy atom. The summed E-state index contributed by atoms with van der Waals surface area (Å²) in [7, 11) is 0. The van der Waals surface area contributed by atoms with Crippen molar-refractivity contribution < 1.29 is 18.9 Å². The standard InChI is InChI=1S/C14H22N2O4/c15-5-3-13-14(4-6-16)20-10-2-8-18-12-11-17-7-1-9-19-13/h13-14H,1-4,7-12H2/t13-,14?/m0/s1. The van der Waals surface area contributed by atoms with Gasteiger partial charge in [-0.25, -0.2) is 0 Å². The van der Waals surface area contributed by atoms with Gasteiger partial charge in [0.25, 0.3) is 0 Å². The quantitative estimate of drug-likeness (QED) is 0.761. The van der Waals surface area contributed by atoms with Crippen LogP contribution in [0.25, 0.3) is 0 Å². The molecule has 6 heteroatoms. The molecule has 1 heterocycles. The van der Waals surface area contributed by atoms with Crippen LogP contribution in [0.1, 0.15) is 25.7 Å². The molecule has 0 amide bonds. The Labute approximate surface area is 120 Å². The molecular formula is C14H22N2O4. The van der Waals surface area contributed by atoms with Crippen molar-refractivity contribution in [1.82, 2.24) is 0 Å². The minimum absolute atomic E-state index is 0.226. The van der Waals surface area contributed by atoms with Crippen molar-refractivity contribution in [3.05, 3.63) is 0 Å². The molecule has 1 unspecified atom stereocenters. The smallest absolute Gasteiger partial charge is 0.0976 e. The second-order valence-corrected chi connectivity index (χ2v) is 4.47. The molecule has 1 aliphatic rings. The van der Waals surface area contributed by atoms with Crippen LogP contribution in [0.4, 0.5) is 0 Å². The van der Waals surface area contributed by atoms with Gasteiger partial charge in [-0.15, -0.1) is 0 Å². The van der Waals surface area contributed by atoms with Crippen molar-refractivity contribution in [3.63, 3.8) is 0 Å². The zero-order valence-corrected chi connectivity index (χ0v) is 11.8. The van der Waals surface area contributed by atoms with Crippen molar-refractivity contribution in [1.29, 1.82) is 10.5 Å². The molecule has 1 fully saturated rings. The van der Waals surface area contributed by atoms with Crippen LogP contribution in [0, 0.1) is 22.7 Å². The normalized spacial score (nSPS) is 26.9. The molecule has 112 valence electrons. The lowest BCUT2D eigenvalue weighted by atomic mass is 10.1. The summed E-state index contributed by atoms with van der Waals surface area (Å²) in [5, 5.41) is 17.7. The molecule has 1 rings (SSSR count). The van der Waals surface area contributed by atoms with Crippen LogP contribution in [0.2, 0.25) is 0 Å². The zero-order valence-electron chi connectivity index (χ0n) is 11.8. The molecule has 1 aliphatic heterocycles. The van der Waals surface area contributed by atoms with E-state index in [9.17, 15) is 0 Å². The fourth-order valence-electron chi connectivity index (χ4n) is 1.89. The van der Waals surface area contributed by atoms with Gasteiger partial charge in [-0.3, -0.25) is 0 Å². The highest BCUT2D eigenvalue weighted by Crippen LogP contribution is 2.13. The second-order valence-electron chi connectivity index (χ2n) is 4.47. The number of rotatable bonds is 2. The Kier molecular flexibility index (Phi) is 9.81. The Bertz CT molecular complexity index is 292.